The zero-order valence-corrected chi connectivity index (χ0v) is 21.7. The monoisotopic (exact) mass is 519 g/mol. The van der Waals surface area contributed by atoms with Crippen LogP contribution >= 0.6 is 0 Å². The highest BCUT2D eigenvalue weighted by atomic mass is 16.6. The van der Waals surface area contributed by atoms with Crippen molar-refractivity contribution in [2.24, 2.45) is 0 Å². The molecule has 0 aliphatic carbocycles. The van der Waals surface area contributed by atoms with Crippen molar-refractivity contribution < 1.29 is 24.0 Å². The maximum absolute atomic E-state index is 13.6. The summed E-state index contributed by atoms with van der Waals surface area (Å²) >= 11 is 0. The van der Waals surface area contributed by atoms with Crippen LogP contribution in [-0.2, 0) is 22.6 Å². The minimum absolute atomic E-state index is 0.0262. The number of nitrogens with zero attached hydrogens (tertiary/aromatic N) is 2. The average Bonchev–Trinajstić information content (AvgIpc) is 2.94. The fourth-order valence-corrected chi connectivity index (χ4v) is 3.97. The van der Waals surface area contributed by atoms with Gasteiger partial charge in [-0.3, -0.25) is 19.7 Å². The Morgan fingerprint density at radius 2 is 1.66 bits per heavy atom. The molecule has 0 aliphatic rings. The molecule has 0 saturated heterocycles. The zero-order chi connectivity index (χ0) is 27.3. The molecule has 0 unspecified atom stereocenters. The first-order chi connectivity index (χ1) is 18.4. The number of methoxy groups -OCH3 is 1. The van der Waals surface area contributed by atoms with Gasteiger partial charge in [-0.15, -0.1) is 0 Å². The lowest BCUT2D eigenvalue weighted by Crippen LogP contribution is -2.51. The number of nitro benzene ring substituents is 1. The Labute approximate surface area is 222 Å². The van der Waals surface area contributed by atoms with Crippen LogP contribution in [0.25, 0.3) is 0 Å². The van der Waals surface area contributed by atoms with E-state index in [0.717, 1.165) is 24.0 Å². The first-order valence-corrected chi connectivity index (χ1v) is 12.5. The summed E-state index contributed by atoms with van der Waals surface area (Å²) in [5.74, 6) is -0.354. The van der Waals surface area contributed by atoms with Gasteiger partial charge in [0, 0.05) is 31.6 Å². The van der Waals surface area contributed by atoms with Crippen LogP contribution in [0.4, 0.5) is 5.69 Å². The summed E-state index contributed by atoms with van der Waals surface area (Å²) in [6, 6.07) is 22.3. The number of carbonyl (C=O) groups is 2. The SMILES string of the molecule is CCCCNC(=O)[C@H](Cc1ccccc1)N(Cc1ccccc1)C(=O)COc1ccc([N+](=O)[O-])c(OC)c1. The van der Waals surface area contributed by atoms with Gasteiger partial charge in [0.2, 0.25) is 11.7 Å². The lowest BCUT2D eigenvalue weighted by molar-refractivity contribution is -0.385. The van der Waals surface area contributed by atoms with Crippen molar-refractivity contribution in [3.8, 4) is 11.5 Å². The highest BCUT2D eigenvalue weighted by molar-refractivity contribution is 5.88. The van der Waals surface area contributed by atoms with E-state index in [4.69, 9.17) is 9.47 Å². The summed E-state index contributed by atoms with van der Waals surface area (Å²) in [6.07, 6.45) is 2.10. The van der Waals surface area contributed by atoms with Crippen molar-refractivity contribution in [2.45, 2.75) is 38.8 Å². The third-order valence-electron chi connectivity index (χ3n) is 6.01. The molecule has 3 aromatic carbocycles. The molecule has 0 radical (unpaired) electrons. The van der Waals surface area contributed by atoms with Crippen LogP contribution in [0.5, 0.6) is 11.5 Å². The summed E-state index contributed by atoms with van der Waals surface area (Å²) in [6.45, 7) is 2.42. The van der Waals surface area contributed by atoms with Crippen LogP contribution in [0.1, 0.15) is 30.9 Å². The lowest BCUT2D eigenvalue weighted by Gasteiger charge is -2.31. The van der Waals surface area contributed by atoms with Crippen LogP contribution in [0.15, 0.2) is 78.9 Å². The normalized spacial score (nSPS) is 11.3. The molecule has 2 amide bonds. The predicted octanol–water partition coefficient (Wildman–Crippen LogP) is 4.54. The van der Waals surface area contributed by atoms with E-state index in [0.29, 0.717) is 13.0 Å². The molecule has 0 aromatic heterocycles. The zero-order valence-electron chi connectivity index (χ0n) is 21.7. The number of unbranched alkanes of at least 4 members (excludes halogenated alkanes) is 1. The smallest absolute Gasteiger partial charge is 0.311 e. The Hall–Kier alpha value is -4.40. The van der Waals surface area contributed by atoms with E-state index in [1.807, 2.05) is 67.6 Å². The second-order valence-electron chi connectivity index (χ2n) is 8.74. The third-order valence-corrected chi connectivity index (χ3v) is 6.01. The highest BCUT2D eigenvalue weighted by Gasteiger charge is 2.30. The van der Waals surface area contributed by atoms with Gasteiger partial charge in [0.05, 0.1) is 12.0 Å². The number of nitro groups is 1. The molecule has 3 rings (SSSR count). The van der Waals surface area contributed by atoms with Crippen molar-refractivity contribution in [3.05, 3.63) is 100 Å². The first kappa shape index (κ1) is 28.2. The number of carbonyl (C=O) groups excluding carboxylic acids is 2. The molecular weight excluding hydrogens is 486 g/mol. The van der Waals surface area contributed by atoms with Crippen molar-refractivity contribution in [1.82, 2.24) is 10.2 Å². The van der Waals surface area contributed by atoms with E-state index in [1.54, 1.807) is 0 Å². The number of nitrogens with one attached hydrogen (secondary N) is 1. The quantitative estimate of drug-likeness (QED) is 0.190. The molecule has 0 fully saturated rings. The molecule has 0 heterocycles. The minimum Gasteiger partial charge on any atom is -0.490 e. The second kappa shape index (κ2) is 14.4. The lowest BCUT2D eigenvalue weighted by atomic mass is 10.0. The molecule has 1 N–H and O–H groups in total. The van der Waals surface area contributed by atoms with Crippen molar-refractivity contribution >= 4 is 17.5 Å². The molecule has 1 atom stereocenters. The molecule has 0 aliphatic heterocycles. The Bertz CT molecular complexity index is 1200. The Morgan fingerprint density at radius 3 is 2.26 bits per heavy atom. The van der Waals surface area contributed by atoms with E-state index >= 15 is 0 Å². The Kier molecular flexibility index (Phi) is 10.7. The van der Waals surface area contributed by atoms with Crippen LogP contribution in [0, 0.1) is 10.1 Å². The predicted molar refractivity (Wildman–Crippen MR) is 144 cm³/mol. The highest BCUT2D eigenvalue weighted by Crippen LogP contribution is 2.30. The number of amides is 2. The van der Waals surface area contributed by atoms with Gasteiger partial charge >= 0.3 is 5.69 Å². The van der Waals surface area contributed by atoms with Crippen molar-refractivity contribution in [1.29, 1.82) is 0 Å². The van der Waals surface area contributed by atoms with Gasteiger partial charge in [-0.1, -0.05) is 74.0 Å². The van der Waals surface area contributed by atoms with Crippen LogP contribution < -0.4 is 14.8 Å². The minimum atomic E-state index is -0.767. The van der Waals surface area contributed by atoms with Gasteiger partial charge in [-0.05, 0) is 23.6 Å². The summed E-state index contributed by atoms with van der Waals surface area (Å²) in [5, 5.41) is 14.2. The third kappa shape index (κ3) is 8.06. The second-order valence-corrected chi connectivity index (χ2v) is 8.74. The fourth-order valence-electron chi connectivity index (χ4n) is 3.97. The molecule has 9 heteroatoms. The molecule has 0 spiro atoms. The maximum Gasteiger partial charge on any atom is 0.311 e. The molecule has 200 valence electrons. The summed E-state index contributed by atoms with van der Waals surface area (Å²) < 4.78 is 10.8. The fraction of sp³-hybridized carbons (Fsp3) is 0.310. The average molecular weight is 520 g/mol. The number of hydrogen-bond donors (Lipinski definition) is 1. The van der Waals surface area contributed by atoms with Crippen molar-refractivity contribution in [2.75, 3.05) is 20.3 Å². The van der Waals surface area contributed by atoms with Gasteiger partial charge in [0.25, 0.3) is 5.91 Å². The summed E-state index contributed by atoms with van der Waals surface area (Å²) in [4.78, 5) is 39.2. The first-order valence-electron chi connectivity index (χ1n) is 12.5. The molecular formula is C29H33N3O6. The molecule has 3 aromatic rings. The largest absolute Gasteiger partial charge is 0.490 e. The molecule has 9 nitrogen and oxygen atoms in total. The summed E-state index contributed by atoms with van der Waals surface area (Å²) in [7, 11) is 1.32. The topological polar surface area (TPSA) is 111 Å². The van der Waals surface area contributed by atoms with Crippen LogP contribution in [0.3, 0.4) is 0 Å². The van der Waals surface area contributed by atoms with Crippen molar-refractivity contribution in [3.63, 3.8) is 0 Å². The Balaban J connectivity index is 1.87. The van der Waals surface area contributed by atoms with E-state index in [2.05, 4.69) is 5.32 Å². The standard InChI is InChI=1S/C29H33N3O6/c1-3-4-17-30-29(34)26(18-22-11-7-5-8-12-22)31(20-23-13-9-6-10-14-23)28(33)21-38-24-15-16-25(32(35)36)27(19-24)37-2/h5-16,19,26H,3-4,17-18,20-21H2,1-2H3,(H,30,34)/t26-/m0/s1. The van der Waals surface area contributed by atoms with Gasteiger partial charge in [0.15, 0.2) is 6.61 Å². The number of rotatable bonds is 14. The molecule has 0 saturated carbocycles. The molecule has 0 bridgehead atoms. The summed E-state index contributed by atoms with van der Waals surface area (Å²) in [5.41, 5.74) is 1.59. The van der Waals surface area contributed by atoms with Gasteiger partial charge in [-0.2, -0.15) is 0 Å². The van der Waals surface area contributed by atoms with Gasteiger partial charge < -0.3 is 19.7 Å². The van der Waals surface area contributed by atoms with Gasteiger partial charge in [-0.25, -0.2) is 0 Å². The van der Waals surface area contributed by atoms with Crippen LogP contribution in [0.2, 0.25) is 0 Å². The van der Waals surface area contributed by atoms with E-state index < -0.39 is 16.9 Å². The maximum atomic E-state index is 13.6. The number of hydrogen-bond acceptors (Lipinski definition) is 6. The van der Waals surface area contributed by atoms with Gasteiger partial charge in [0.1, 0.15) is 11.8 Å². The molecule has 38 heavy (non-hydrogen) atoms. The van der Waals surface area contributed by atoms with Crippen LogP contribution in [-0.4, -0.2) is 47.9 Å². The number of benzene rings is 3. The number of ether oxygens (including phenoxy) is 2. The Morgan fingerprint density at radius 1 is 1.00 bits per heavy atom. The van der Waals surface area contributed by atoms with E-state index in [-0.39, 0.29) is 36.2 Å². The van der Waals surface area contributed by atoms with E-state index in [1.165, 1.54) is 30.2 Å². The van der Waals surface area contributed by atoms with E-state index in [9.17, 15) is 19.7 Å².